The number of rotatable bonds is 9. The third-order valence-corrected chi connectivity index (χ3v) is 5.85. The van der Waals surface area contributed by atoms with Gasteiger partial charge in [-0.25, -0.2) is 14.6 Å². The van der Waals surface area contributed by atoms with Crippen LogP contribution in [0.5, 0.6) is 0 Å². The third-order valence-electron chi connectivity index (χ3n) is 5.85. The van der Waals surface area contributed by atoms with Gasteiger partial charge in [0.2, 0.25) is 6.10 Å². The van der Waals surface area contributed by atoms with Crippen LogP contribution in [-0.2, 0) is 16.0 Å². The van der Waals surface area contributed by atoms with Crippen LogP contribution in [0.2, 0.25) is 0 Å². The average Bonchev–Trinajstić information content (AvgIpc) is 3.40. The van der Waals surface area contributed by atoms with Gasteiger partial charge in [-0.3, -0.25) is 15.1 Å². The van der Waals surface area contributed by atoms with Crippen LogP contribution in [0.1, 0.15) is 52.1 Å². The number of carbonyl (C=O) groups excluding carboxylic acids is 2. The molecule has 0 N–H and O–H groups in total. The van der Waals surface area contributed by atoms with Crippen molar-refractivity contribution in [3.63, 3.8) is 0 Å². The molecule has 1 aromatic carbocycles. The van der Waals surface area contributed by atoms with Gasteiger partial charge in [0.25, 0.3) is 5.70 Å². The van der Waals surface area contributed by atoms with E-state index in [1.807, 2.05) is 48.0 Å². The maximum absolute atomic E-state index is 12.7. The Morgan fingerprint density at radius 2 is 1.87 bits per heavy atom. The molecule has 1 aliphatic carbocycles. The second-order valence-corrected chi connectivity index (χ2v) is 8.88. The van der Waals surface area contributed by atoms with Crippen molar-refractivity contribution in [2.24, 2.45) is 0 Å². The lowest BCUT2D eigenvalue weighted by molar-refractivity contribution is -0.435. The monoisotopic (exact) mass is 514 g/mol. The Hall–Kier alpha value is -4.86. The minimum absolute atomic E-state index is 0.0113. The maximum atomic E-state index is 12.7. The summed E-state index contributed by atoms with van der Waals surface area (Å²) in [7, 11) is 0. The first kappa shape index (κ1) is 26.2. The van der Waals surface area contributed by atoms with Crippen molar-refractivity contribution >= 4 is 18.0 Å². The topological polar surface area (TPSA) is 126 Å². The number of ether oxygens (including phenoxy) is 2. The van der Waals surface area contributed by atoms with E-state index in [1.54, 1.807) is 31.6 Å². The number of hydrogen-bond acceptors (Lipinski definition) is 8. The summed E-state index contributed by atoms with van der Waals surface area (Å²) in [6.07, 6.45) is 12.3. The molecule has 0 amide bonds. The van der Waals surface area contributed by atoms with Crippen molar-refractivity contribution in [3.8, 4) is 0 Å². The van der Waals surface area contributed by atoms with Gasteiger partial charge in [0.1, 0.15) is 6.61 Å². The molecule has 38 heavy (non-hydrogen) atoms. The molecule has 10 heteroatoms. The highest BCUT2D eigenvalue weighted by molar-refractivity contribution is 5.95. The van der Waals surface area contributed by atoms with E-state index >= 15 is 0 Å². The number of hydrogen-bond donors (Lipinski definition) is 0. The molecule has 0 saturated heterocycles. The molecule has 2 aromatic heterocycles. The molecule has 4 rings (SSSR count). The summed E-state index contributed by atoms with van der Waals surface area (Å²) in [5.41, 5.74) is 3.37. The van der Waals surface area contributed by atoms with E-state index < -0.39 is 23.0 Å². The number of aromatic nitrogens is 3. The molecule has 0 saturated carbocycles. The number of nitrogens with zero attached hydrogens (tertiary/aromatic N) is 4. The molecule has 3 aromatic rings. The number of imidazole rings is 1. The lowest BCUT2D eigenvalue weighted by atomic mass is 9.96. The highest BCUT2D eigenvalue weighted by atomic mass is 16.6. The van der Waals surface area contributed by atoms with E-state index in [0.29, 0.717) is 12.0 Å². The standard InChI is InChI=1S/C28H26N4O6/c1-19-12-20(2)26(32(35)36)25(13-19)38-28(34)24-14-23(15-30-16-24)27(33)37-11-3-4-21-5-7-22(8-6-21)17-31-10-9-29-18-31/h3-10,13-16,18,25H,11-12,17H2,1-2H3/b4-3+. The zero-order chi connectivity index (χ0) is 27.1. The van der Waals surface area contributed by atoms with Crippen LogP contribution >= 0.6 is 0 Å². The van der Waals surface area contributed by atoms with E-state index in [2.05, 4.69) is 9.97 Å². The van der Waals surface area contributed by atoms with Gasteiger partial charge in [-0.15, -0.1) is 0 Å². The van der Waals surface area contributed by atoms with E-state index in [9.17, 15) is 19.7 Å². The first-order valence-electron chi connectivity index (χ1n) is 11.9. The summed E-state index contributed by atoms with van der Waals surface area (Å²) in [6.45, 7) is 4.20. The fraction of sp³-hybridized carbons (Fsp3) is 0.214. The van der Waals surface area contributed by atoms with Crippen LogP contribution < -0.4 is 0 Å². The van der Waals surface area contributed by atoms with Crippen LogP contribution in [0.15, 0.2) is 90.4 Å². The largest absolute Gasteiger partial charge is 0.458 e. The lowest BCUT2D eigenvalue weighted by Gasteiger charge is -2.19. The SMILES string of the molecule is CC1=CC(OC(=O)c2cncc(C(=O)OC/C=C/c3ccc(Cn4ccnc4)cc3)c2)C([N+](=O)[O-])=C(C)C1. The summed E-state index contributed by atoms with van der Waals surface area (Å²) >= 11 is 0. The van der Waals surface area contributed by atoms with Crippen molar-refractivity contribution in [2.75, 3.05) is 6.61 Å². The molecule has 0 aliphatic heterocycles. The van der Waals surface area contributed by atoms with Gasteiger partial charge in [-0.05, 0) is 49.6 Å². The maximum Gasteiger partial charge on any atom is 0.340 e. The number of allylic oxidation sites excluding steroid dienone is 2. The van der Waals surface area contributed by atoms with Crippen LogP contribution in [0.3, 0.4) is 0 Å². The molecule has 1 unspecified atom stereocenters. The number of nitro groups is 1. The van der Waals surface area contributed by atoms with Crippen molar-refractivity contribution < 1.29 is 24.0 Å². The summed E-state index contributed by atoms with van der Waals surface area (Å²) in [5, 5.41) is 11.5. The Morgan fingerprint density at radius 1 is 1.13 bits per heavy atom. The zero-order valence-electron chi connectivity index (χ0n) is 20.9. The molecule has 10 nitrogen and oxygen atoms in total. The van der Waals surface area contributed by atoms with Gasteiger partial charge in [0, 0.05) is 36.9 Å². The number of benzene rings is 1. The second-order valence-electron chi connectivity index (χ2n) is 8.88. The summed E-state index contributed by atoms with van der Waals surface area (Å²) in [6, 6.07) is 9.25. The second kappa shape index (κ2) is 11.9. The van der Waals surface area contributed by atoms with Crippen molar-refractivity contribution in [1.29, 1.82) is 0 Å². The predicted molar refractivity (Wildman–Crippen MR) is 139 cm³/mol. The van der Waals surface area contributed by atoms with E-state index in [-0.39, 0.29) is 23.4 Å². The quantitative estimate of drug-likeness (QED) is 0.175. The number of esters is 2. The van der Waals surface area contributed by atoms with Gasteiger partial charge in [-0.2, -0.15) is 0 Å². The van der Waals surface area contributed by atoms with Gasteiger partial charge >= 0.3 is 11.9 Å². The molecule has 0 bridgehead atoms. The van der Waals surface area contributed by atoms with Gasteiger partial charge in [0.05, 0.1) is 22.4 Å². The van der Waals surface area contributed by atoms with Crippen LogP contribution in [0, 0.1) is 10.1 Å². The summed E-state index contributed by atoms with van der Waals surface area (Å²) in [5.74, 6) is -1.49. The molecule has 0 fully saturated rings. The first-order chi connectivity index (χ1) is 18.3. The Kier molecular flexibility index (Phi) is 8.22. The van der Waals surface area contributed by atoms with Crippen LogP contribution in [-0.4, -0.2) is 44.1 Å². The molecule has 0 spiro atoms. The third kappa shape index (κ3) is 6.67. The minimum atomic E-state index is -1.12. The van der Waals surface area contributed by atoms with Crippen molar-refractivity contribution in [2.45, 2.75) is 32.9 Å². The van der Waals surface area contributed by atoms with Gasteiger partial charge in [0.15, 0.2) is 0 Å². The first-order valence-corrected chi connectivity index (χ1v) is 11.9. The smallest absolute Gasteiger partial charge is 0.340 e. The van der Waals surface area contributed by atoms with E-state index in [4.69, 9.17) is 9.47 Å². The van der Waals surface area contributed by atoms with E-state index in [0.717, 1.165) is 23.2 Å². The molecule has 2 heterocycles. The highest BCUT2D eigenvalue weighted by Crippen LogP contribution is 2.27. The molecule has 1 aliphatic rings. The molecular formula is C28H26N4O6. The zero-order valence-corrected chi connectivity index (χ0v) is 20.9. The van der Waals surface area contributed by atoms with Crippen LogP contribution in [0.4, 0.5) is 0 Å². The molecule has 0 radical (unpaired) electrons. The number of pyridine rings is 1. The summed E-state index contributed by atoms with van der Waals surface area (Å²) < 4.78 is 12.6. The molecule has 194 valence electrons. The van der Waals surface area contributed by atoms with Crippen LogP contribution in [0.25, 0.3) is 6.08 Å². The normalized spacial score (nSPS) is 15.3. The Labute approximate surface area is 219 Å². The van der Waals surface area contributed by atoms with Crippen molar-refractivity contribution in [1.82, 2.24) is 14.5 Å². The minimum Gasteiger partial charge on any atom is -0.458 e. The van der Waals surface area contributed by atoms with Gasteiger partial charge < -0.3 is 14.0 Å². The highest BCUT2D eigenvalue weighted by Gasteiger charge is 2.33. The molecule has 1 atom stereocenters. The van der Waals surface area contributed by atoms with E-state index in [1.165, 1.54) is 18.5 Å². The average molecular weight is 515 g/mol. The Morgan fingerprint density at radius 3 is 2.55 bits per heavy atom. The lowest BCUT2D eigenvalue weighted by Crippen LogP contribution is -2.26. The van der Waals surface area contributed by atoms with Gasteiger partial charge in [-0.1, -0.05) is 35.9 Å². The number of carbonyl (C=O) groups is 2. The van der Waals surface area contributed by atoms with Crippen molar-refractivity contribution in [3.05, 3.63) is 123 Å². The molecular weight excluding hydrogens is 488 g/mol. The fourth-order valence-corrected chi connectivity index (χ4v) is 4.06. The Bertz CT molecular complexity index is 1420. The Balaban J connectivity index is 1.32. The fourth-order valence-electron chi connectivity index (χ4n) is 4.06. The summed E-state index contributed by atoms with van der Waals surface area (Å²) in [4.78, 5) is 44.1. The predicted octanol–water partition coefficient (Wildman–Crippen LogP) is 4.62.